The van der Waals surface area contributed by atoms with Crippen molar-refractivity contribution in [3.05, 3.63) is 0 Å². The van der Waals surface area contributed by atoms with E-state index in [0.29, 0.717) is 6.04 Å². The Balaban J connectivity index is 2.16. The summed E-state index contributed by atoms with van der Waals surface area (Å²) in [5.41, 5.74) is 0. The number of aliphatic carboxylic acids is 1. The molecule has 6 heteroatoms. The van der Waals surface area contributed by atoms with E-state index in [-0.39, 0.29) is 19.0 Å². The van der Waals surface area contributed by atoms with Crippen LogP contribution >= 0.6 is 0 Å². The van der Waals surface area contributed by atoms with Crippen LogP contribution in [0.2, 0.25) is 0 Å². The first-order chi connectivity index (χ1) is 7.52. The molecule has 0 aliphatic heterocycles. The summed E-state index contributed by atoms with van der Waals surface area (Å²) < 4.78 is 0. The zero-order valence-electron chi connectivity index (χ0n) is 9.35. The number of nitrogens with zero attached hydrogens (tertiary/aromatic N) is 1. The van der Waals surface area contributed by atoms with Gasteiger partial charge in [-0.25, -0.2) is 9.59 Å². The van der Waals surface area contributed by atoms with Crippen LogP contribution in [0.4, 0.5) is 4.79 Å². The van der Waals surface area contributed by atoms with Gasteiger partial charge in [0.25, 0.3) is 0 Å². The molecular formula is C10H18N2O4. The highest BCUT2D eigenvalue weighted by Gasteiger charge is 2.25. The van der Waals surface area contributed by atoms with Gasteiger partial charge in [-0.1, -0.05) is 0 Å². The molecule has 1 saturated carbocycles. The van der Waals surface area contributed by atoms with Gasteiger partial charge in [-0.2, -0.15) is 0 Å². The molecule has 0 spiro atoms. The van der Waals surface area contributed by atoms with E-state index in [9.17, 15) is 9.59 Å². The van der Waals surface area contributed by atoms with Crippen LogP contribution in [0.1, 0.15) is 25.7 Å². The second kappa shape index (κ2) is 5.69. The molecule has 1 rings (SSSR count). The Kier molecular flexibility index (Phi) is 4.54. The van der Waals surface area contributed by atoms with Crippen molar-refractivity contribution in [2.45, 2.75) is 37.8 Å². The molecule has 6 nitrogen and oxygen atoms in total. The maximum absolute atomic E-state index is 11.5. The third-order valence-electron chi connectivity index (χ3n) is 2.92. The molecule has 1 fully saturated rings. The van der Waals surface area contributed by atoms with Gasteiger partial charge < -0.3 is 20.4 Å². The second-order valence-corrected chi connectivity index (χ2v) is 4.07. The van der Waals surface area contributed by atoms with Crippen molar-refractivity contribution in [1.29, 1.82) is 0 Å². The van der Waals surface area contributed by atoms with Gasteiger partial charge in [0, 0.05) is 26.1 Å². The van der Waals surface area contributed by atoms with E-state index in [2.05, 4.69) is 5.32 Å². The van der Waals surface area contributed by atoms with Crippen LogP contribution < -0.4 is 5.32 Å². The Hall–Kier alpha value is -1.30. The minimum Gasteiger partial charge on any atom is -0.479 e. The van der Waals surface area contributed by atoms with Gasteiger partial charge in [0.1, 0.15) is 0 Å². The second-order valence-electron chi connectivity index (χ2n) is 4.07. The van der Waals surface area contributed by atoms with Gasteiger partial charge >= 0.3 is 12.0 Å². The predicted molar refractivity (Wildman–Crippen MR) is 57.1 cm³/mol. The lowest BCUT2D eigenvalue weighted by Crippen LogP contribution is -2.47. The van der Waals surface area contributed by atoms with E-state index in [4.69, 9.17) is 10.2 Å². The molecule has 0 unspecified atom stereocenters. The van der Waals surface area contributed by atoms with E-state index in [0.717, 1.165) is 19.3 Å². The summed E-state index contributed by atoms with van der Waals surface area (Å²) in [5.74, 6) is -1.26. The topological polar surface area (TPSA) is 89.9 Å². The standard InChI is InChI=1S/C10H18N2O4/c1-12(7-3-2-4-7)10(16)11-6-5-8(13)9(14)15/h7-8,13H,2-6H2,1H3,(H,11,16)(H,14,15)/t8-/m0/s1. The third kappa shape index (κ3) is 3.37. The molecule has 0 aromatic carbocycles. The summed E-state index contributed by atoms with van der Waals surface area (Å²) in [5, 5.41) is 20.0. The van der Waals surface area contributed by atoms with Gasteiger partial charge in [0.05, 0.1) is 0 Å². The van der Waals surface area contributed by atoms with Crippen LogP contribution in [0.15, 0.2) is 0 Å². The highest BCUT2D eigenvalue weighted by atomic mass is 16.4. The molecule has 1 atom stereocenters. The quantitative estimate of drug-likeness (QED) is 0.621. The van der Waals surface area contributed by atoms with Gasteiger partial charge in [-0.15, -0.1) is 0 Å². The number of hydrogen-bond acceptors (Lipinski definition) is 3. The van der Waals surface area contributed by atoms with Crippen molar-refractivity contribution in [2.24, 2.45) is 0 Å². The van der Waals surface area contributed by atoms with Crippen molar-refractivity contribution in [3.8, 4) is 0 Å². The number of carbonyl (C=O) groups excluding carboxylic acids is 1. The van der Waals surface area contributed by atoms with Crippen molar-refractivity contribution in [3.63, 3.8) is 0 Å². The van der Waals surface area contributed by atoms with Crippen LogP contribution in [-0.2, 0) is 4.79 Å². The zero-order chi connectivity index (χ0) is 12.1. The Morgan fingerprint density at radius 2 is 2.12 bits per heavy atom. The van der Waals surface area contributed by atoms with Crippen LogP contribution in [-0.4, -0.2) is 52.9 Å². The number of nitrogens with one attached hydrogen (secondary N) is 1. The van der Waals surface area contributed by atoms with Gasteiger partial charge in [0.15, 0.2) is 6.10 Å². The number of carboxylic acids is 1. The van der Waals surface area contributed by atoms with E-state index in [1.54, 1.807) is 11.9 Å². The molecule has 16 heavy (non-hydrogen) atoms. The van der Waals surface area contributed by atoms with Gasteiger partial charge in [0.2, 0.25) is 0 Å². The lowest BCUT2D eigenvalue weighted by molar-refractivity contribution is -0.146. The first-order valence-corrected chi connectivity index (χ1v) is 5.44. The third-order valence-corrected chi connectivity index (χ3v) is 2.92. The van der Waals surface area contributed by atoms with Crippen molar-refractivity contribution in [1.82, 2.24) is 10.2 Å². The normalized spacial score (nSPS) is 17.4. The summed E-state index contributed by atoms with van der Waals surface area (Å²) in [6, 6.07) is 0.103. The number of aliphatic hydroxyl groups is 1. The highest BCUT2D eigenvalue weighted by molar-refractivity contribution is 5.74. The minimum absolute atomic E-state index is 0.0274. The smallest absolute Gasteiger partial charge is 0.332 e. The van der Waals surface area contributed by atoms with Crippen LogP contribution in [0.25, 0.3) is 0 Å². The maximum Gasteiger partial charge on any atom is 0.332 e. The summed E-state index contributed by atoms with van der Waals surface area (Å²) in [7, 11) is 1.73. The predicted octanol–water partition coefficient (Wildman–Crippen LogP) is 0.0159. The minimum atomic E-state index is -1.41. The molecule has 0 radical (unpaired) electrons. The van der Waals surface area contributed by atoms with Crippen LogP contribution in [0.5, 0.6) is 0 Å². The number of carbonyl (C=O) groups is 2. The fraction of sp³-hybridized carbons (Fsp3) is 0.800. The molecule has 0 aromatic heterocycles. The van der Waals surface area contributed by atoms with Gasteiger partial charge in [-0.05, 0) is 19.3 Å². The molecule has 0 heterocycles. The van der Waals surface area contributed by atoms with Crippen molar-refractivity contribution >= 4 is 12.0 Å². The average Bonchev–Trinajstić information content (AvgIpc) is 2.14. The largest absolute Gasteiger partial charge is 0.479 e. The lowest BCUT2D eigenvalue weighted by atomic mass is 9.92. The Morgan fingerprint density at radius 3 is 2.56 bits per heavy atom. The van der Waals surface area contributed by atoms with E-state index < -0.39 is 12.1 Å². The summed E-state index contributed by atoms with van der Waals surface area (Å²) in [6.07, 6.45) is 1.83. The highest BCUT2D eigenvalue weighted by Crippen LogP contribution is 2.23. The molecular weight excluding hydrogens is 212 g/mol. The number of urea groups is 1. The van der Waals surface area contributed by atoms with Crippen molar-refractivity contribution in [2.75, 3.05) is 13.6 Å². The monoisotopic (exact) mass is 230 g/mol. The molecule has 2 amide bonds. The van der Waals surface area contributed by atoms with E-state index in [1.165, 1.54) is 0 Å². The molecule has 1 aliphatic rings. The summed E-state index contributed by atoms with van der Waals surface area (Å²) in [4.78, 5) is 23.4. The summed E-state index contributed by atoms with van der Waals surface area (Å²) >= 11 is 0. The van der Waals surface area contributed by atoms with E-state index in [1.807, 2.05) is 0 Å². The first-order valence-electron chi connectivity index (χ1n) is 5.44. The van der Waals surface area contributed by atoms with Crippen LogP contribution in [0, 0.1) is 0 Å². The van der Waals surface area contributed by atoms with Gasteiger partial charge in [-0.3, -0.25) is 0 Å². The molecule has 0 bridgehead atoms. The number of aliphatic hydroxyl groups excluding tert-OH is 1. The number of amides is 2. The lowest BCUT2D eigenvalue weighted by Gasteiger charge is -2.34. The first kappa shape index (κ1) is 12.8. The Morgan fingerprint density at radius 1 is 1.50 bits per heavy atom. The number of hydrogen-bond donors (Lipinski definition) is 3. The SMILES string of the molecule is CN(C(=O)NCC[C@H](O)C(=O)O)C1CCC1. The van der Waals surface area contributed by atoms with Crippen molar-refractivity contribution < 1.29 is 19.8 Å². The zero-order valence-corrected chi connectivity index (χ0v) is 9.35. The maximum atomic E-state index is 11.5. The fourth-order valence-electron chi connectivity index (χ4n) is 1.50. The Bertz CT molecular complexity index is 266. The average molecular weight is 230 g/mol. The molecule has 92 valence electrons. The summed E-state index contributed by atoms with van der Waals surface area (Å²) in [6.45, 7) is 0.170. The van der Waals surface area contributed by atoms with E-state index >= 15 is 0 Å². The molecule has 0 aromatic rings. The Labute approximate surface area is 94.2 Å². The molecule has 0 saturated heterocycles. The fourth-order valence-corrected chi connectivity index (χ4v) is 1.50. The molecule has 1 aliphatic carbocycles. The van der Waals surface area contributed by atoms with Crippen LogP contribution in [0.3, 0.4) is 0 Å². The number of carboxylic acid groups (broad SMARTS) is 1. The molecule has 3 N–H and O–H groups in total. The number of rotatable bonds is 5.